The van der Waals surface area contributed by atoms with E-state index in [1.165, 1.54) is 12.5 Å². The van der Waals surface area contributed by atoms with E-state index in [4.69, 9.17) is 9.47 Å². The number of hydrogen-bond acceptors (Lipinski definition) is 3. The van der Waals surface area contributed by atoms with Crippen LogP contribution in [0.3, 0.4) is 0 Å². The number of carbonyl (C=O) groups excluding carboxylic acids is 1. The van der Waals surface area contributed by atoms with Gasteiger partial charge in [0.05, 0.1) is 24.1 Å². The van der Waals surface area contributed by atoms with Crippen LogP contribution in [0.4, 0.5) is 0 Å². The van der Waals surface area contributed by atoms with Gasteiger partial charge in [-0.3, -0.25) is 4.79 Å². The number of hydrogen-bond donors (Lipinski definition) is 0. The lowest BCUT2D eigenvalue weighted by atomic mass is 9.67. The molecular weight excluding hydrogens is 422 g/mol. The second kappa shape index (κ2) is 9.38. The van der Waals surface area contributed by atoms with Gasteiger partial charge in [-0.05, 0) is 67.5 Å². The minimum atomic E-state index is -0.585. The lowest BCUT2D eigenvalue weighted by molar-refractivity contribution is -0.135. The molecule has 4 nitrogen and oxygen atoms in total. The molecule has 1 fully saturated rings. The van der Waals surface area contributed by atoms with Gasteiger partial charge in [0.1, 0.15) is 11.5 Å². The van der Waals surface area contributed by atoms with E-state index >= 15 is 0 Å². The maximum Gasteiger partial charge on any atom is 0.227 e. The third kappa shape index (κ3) is 3.58. The van der Waals surface area contributed by atoms with Crippen LogP contribution in [0.2, 0.25) is 0 Å². The highest BCUT2D eigenvalue weighted by atomic mass is 16.5. The minimum absolute atomic E-state index is 0.0338. The van der Waals surface area contributed by atoms with Crippen LogP contribution < -0.4 is 9.47 Å². The molecule has 34 heavy (non-hydrogen) atoms. The SMILES string of the molecule is C=COc1ccc(C2(c3ccc(OC=C)cc3)C3CC=CCC3C(=O)N2C2C=CCCC2)cc1. The number of ether oxygens (including phenoxy) is 2. The van der Waals surface area contributed by atoms with E-state index in [1.807, 2.05) is 24.3 Å². The molecule has 3 aliphatic rings. The molecule has 0 spiro atoms. The van der Waals surface area contributed by atoms with Crippen LogP contribution in [0.5, 0.6) is 11.5 Å². The lowest BCUT2D eigenvalue weighted by Crippen LogP contribution is -2.52. The van der Waals surface area contributed by atoms with Gasteiger partial charge in [0, 0.05) is 11.8 Å². The minimum Gasteiger partial charge on any atom is -0.466 e. The Morgan fingerprint density at radius 2 is 1.44 bits per heavy atom. The molecule has 4 heteroatoms. The van der Waals surface area contributed by atoms with Crippen molar-refractivity contribution in [2.45, 2.75) is 43.7 Å². The van der Waals surface area contributed by atoms with Crippen molar-refractivity contribution in [3.8, 4) is 11.5 Å². The topological polar surface area (TPSA) is 38.8 Å². The van der Waals surface area contributed by atoms with E-state index in [-0.39, 0.29) is 23.8 Å². The van der Waals surface area contributed by atoms with Gasteiger partial charge in [0.2, 0.25) is 5.91 Å². The first kappa shape index (κ1) is 22.3. The predicted molar refractivity (Wildman–Crippen MR) is 134 cm³/mol. The molecule has 5 rings (SSSR count). The average molecular weight is 454 g/mol. The molecule has 1 saturated heterocycles. The summed E-state index contributed by atoms with van der Waals surface area (Å²) in [7, 11) is 0. The molecule has 0 bridgehead atoms. The predicted octanol–water partition coefficient (Wildman–Crippen LogP) is 6.51. The molecule has 0 aromatic heterocycles. The van der Waals surface area contributed by atoms with E-state index in [0.29, 0.717) is 0 Å². The Bertz CT molecular complexity index is 1060. The highest BCUT2D eigenvalue weighted by Crippen LogP contribution is 2.56. The zero-order valence-corrected chi connectivity index (χ0v) is 19.4. The molecule has 174 valence electrons. The summed E-state index contributed by atoms with van der Waals surface area (Å²) >= 11 is 0. The number of rotatable bonds is 7. The summed E-state index contributed by atoms with van der Waals surface area (Å²) in [6.07, 6.45) is 16.5. The Labute approximate surface area is 201 Å². The van der Waals surface area contributed by atoms with E-state index < -0.39 is 5.54 Å². The molecular formula is C30H31NO3. The van der Waals surface area contributed by atoms with Gasteiger partial charge in [-0.15, -0.1) is 0 Å². The van der Waals surface area contributed by atoms with E-state index in [1.54, 1.807) is 0 Å². The van der Waals surface area contributed by atoms with Crippen molar-refractivity contribution in [1.82, 2.24) is 4.90 Å². The van der Waals surface area contributed by atoms with Crippen LogP contribution in [-0.2, 0) is 10.3 Å². The molecule has 3 atom stereocenters. The largest absolute Gasteiger partial charge is 0.466 e. The van der Waals surface area contributed by atoms with Crippen molar-refractivity contribution >= 4 is 5.91 Å². The molecule has 3 unspecified atom stereocenters. The van der Waals surface area contributed by atoms with Gasteiger partial charge in [-0.1, -0.05) is 61.7 Å². The Morgan fingerprint density at radius 3 is 1.97 bits per heavy atom. The molecule has 2 aromatic carbocycles. The van der Waals surface area contributed by atoms with Crippen LogP contribution in [0, 0.1) is 11.8 Å². The maximum absolute atomic E-state index is 14.1. The van der Waals surface area contributed by atoms with E-state index in [0.717, 1.165) is 54.7 Å². The normalized spacial score (nSPS) is 25.0. The number of carbonyl (C=O) groups is 1. The third-order valence-corrected chi connectivity index (χ3v) is 7.49. The molecule has 1 heterocycles. The third-order valence-electron chi connectivity index (χ3n) is 7.49. The van der Waals surface area contributed by atoms with Crippen LogP contribution in [0.15, 0.2) is 98.5 Å². The molecule has 2 aromatic rings. The van der Waals surface area contributed by atoms with E-state index in [9.17, 15) is 4.79 Å². The van der Waals surface area contributed by atoms with Crippen LogP contribution in [0.25, 0.3) is 0 Å². The van der Waals surface area contributed by atoms with Crippen molar-refractivity contribution < 1.29 is 14.3 Å². The first-order valence-corrected chi connectivity index (χ1v) is 12.1. The van der Waals surface area contributed by atoms with Crippen molar-refractivity contribution in [1.29, 1.82) is 0 Å². The number of likely N-dealkylation sites (tertiary alicyclic amines) is 1. The van der Waals surface area contributed by atoms with Crippen molar-refractivity contribution in [3.05, 3.63) is 110 Å². The lowest BCUT2D eigenvalue weighted by Gasteiger charge is -2.47. The number of benzene rings is 2. The molecule has 2 aliphatic carbocycles. The van der Waals surface area contributed by atoms with Crippen molar-refractivity contribution in [2.24, 2.45) is 11.8 Å². The summed E-state index contributed by atoms with van der Waals surface area (Å²) in [6, 6.07) is 16.4. The Hall–Kier alpha value is -3.53. The Morgan fingerprint density at radius 1 is 0.853 bits per heavy atom. The van der Waals surface area contributed by atoms with Crippen molar-refractivity contribution in [3.63, 3.8) is 0 Å². The maximum atomic E-state index is 14.1. The quantitative estimate of drug-likeness (QED) is 0.354. The smallest absolute Gasteiger partial charge is 0.227 e. The Kier molecular flexibility index (Phi) is 6.14. The summed E-state index contributed by atoms with van der Waals surface area (Å²) in [5, 5.41) is 0. The first-order chi connectivity index (χ1) is 16.7. The fraction of sp³-hybridized carbons (Fsp3) is 0.300. The highest BCUT2D eigenvalue weighted by molar-refractivity contribution is 5.86. The fourth-order valence-electron chi connectivity index (χ4n) is 6.16. The number of allylic oxidation sites excluding steroid dienone is 3. The summed E-state index contributed by atoms with van der Waals surface area (Å²) in [5.74, 6) is 1.82. The Balaban J connectivity index is 1.74. The second-order valence-electron chi connectivity index (χ2n) is 9.17. The van der Waals surface area contributed by atoms with Crippen LogP contribution >= 0.6 is 0 Å². The second-order valence-corrected chi connectivity index (χ2v) is 9.17. The summed E-state index contributed by atoms with van der Waals surface area (Å²) < 4.78 is 11.0. The summed E-state index contributed by atoms with van der Waals surface area (Å²) in [4.78, 5) is 16.3. The standard InChI is InChI=1S/C30H31NO3/c1-3-33-25-18-14-22(15-19-25)30(23-16-20-26(21-17-23)34-4-2)28-13-9-8-12-27(28)29(32)31(30)24-10-6-5-7-11-24/h3-4,6,8-10,14-21,24,27-28H,1-2,5,7,11-13H2. The first-order valence-electron chi connectivity index (χ1n) is 12.1. The van der Waals surface area contributed by atoms with Gasteiger partial charge < -0.3 is 14.4 Å². The van der Waals surface area contributed by atoms with Gasteiger partial charge in [0.15, 0.2) is 0 Å². The monoisotopic (exact) mass is 453 g/mol. The van der Waals surface area contributed by atoms with Crippen molar-refractivity contribution in [2.75, 3.05) is 0 Å². The van der Waals surface area contributed by atoms with E-state index in [2.05, 4.69) is 66.6 Å². The van der Waals surface area contributed by atoms with Gasteiger partial charge >= 0.3 is 0 Å². The molecule has 0 N–H and O–H groups in total. The molecule has 0 radical (unpaired) electrons. The highest BCUT2D eigenvalue weighted by Gasteiger charge is 2.61. The molecule has 0 saturated carbocycles. The average Bonchev–Trinajstić information content (AvgIpc) is 3.15. The summed E-state index contributed by atoms with van der Waals surface area (Å²) in [5.41, 5.74) is 1.63. The van der Waals surface area contributed by atoms with Gasteiger partial charge in [-0.2, -0.15) is 0 Å². The van der Waals surface area contributed by atoms with Gasteiger partial charge in [0.25, 0.3) is 0 Å². The molecule has 1 aliphatic heterocycles. The van der Waals surface area contributed by atoms with Crippen LogP contribution in [0.1, 0.15) is 43.2 Å². The fourth-order valence-corrected chi connectivity index (χ4v) is 6.16. The zero-order valence-electron chi connectivity index (χ0n) is 19.4. The number of amides is 1. The number of fused-ring (bicyclic) bond motifs is 1. The zero-order chi connectivity index (χ0) is 23.5. The van der Waals surface area contributed by atoms with Gasteiger partial charge in [-0.25, -0.2) is 0 Å². The molecule has 1 amide bonds. The number of nitrogens with zero attached hydrogens (tertiary/aromatic N) is 1. The van der Waals surface area contributed by atoms with Crippen LogP contribution in [-0.4, -0.2) is 16.8 Å². The summed E-state index contributed by atoms with van der Waals surface area (Å²) in [6.45, 7) is 7.34.